The Morgan fingerprint density at radius 1 is 0.977 bits per heavy atom. The largest absolute Gasteiger partial charge is 0.508 e. The van der Waals surface area contributed by atoms with Crippen LogP contribution in [0.1, 0.15) is 24.0 Å². The van der Waals surface area contributed by atoms with Crippen molar-refractivity contribution in [3.05, 3.63) is 52.5 Å². The third kappa shape index (κ3) is 11.7. The number of rotatable bonds is 18. The maximum absolute atomic E-state index is 13.2. The molecule has 0 aliphatic rings. The lowest BCUT2D eigenvalue weighted by Crippen LogP contribution is -2.53. The topological polar surface area (TPSA) is 206 Å². The predicted octanol–water partition coefficient (Wildman–Crippen LogP) is -0.0915. The minimum absolute atomic E-state index is 0.00775. The van der Waals surface area contributed by atoms with E-state index in [4.69, 9.17) is 34.5 Å². The highest BCUT2D eigenvalue weighted by Crippen LogP contribution is 2.29. The molecule has 0 aliphatic heterocycles. The first-order valence-corrected chi connectivity index (χ1v) is 14.9. The van der Waals surface area contributed by atoms with Gasteiger partial charge in [-0.25, -0.2) is 0 Å². The molecule has 0 aromatic heterocycles. The van der Waals surface area contributed by atoms with Crippen molar-refractivity contribution in [3.63, 3.8) is 0 Å². The Bertz CT molecular complexity index is 1210. The van der Waals surface area contributed by atoms with Crippen molar-refractivity contribution in [2.75, 3.05) is 59.4 Å². The molecule has 0 unspecified atom stereocenters. The number of aromatic hydroxyl groups is 1. The number of halogens is 1. The molecular weight excluding hydrogens is 572 g/mol. The Kier molecular flexibility index (Phi) is 15.4. The van der Waals surface area contributed by atoms with Crippen LogP contribution in [0.5, 0.6) is 5.75 Å². The summed E-state index contributed by atoms with van der Waals surface area (Å²) in [6, 6.07) is 8.77. The van der Waals surface area contributed by atoms with Crippen molar-refractivity contribution < 1.29 is 19.5 Å². The van der Waals surface area contributed by atoms with Gasteiger partial charge < -0.3 is 43.6 Å². The van der Waals surface area contributed by atoms with Crippen molar-refractivity contribution in [1.82, 2.24) is 20.4 Å². The van der Waals surface area contributed by atoms with E-state index in [2.05, 4.69) is 10.6 Å². The summed E-state index contributed by atoms with van der Waals surface area (Å²) in [4.78, 5) is 42.1. The van der Waals surface area contributed by atoms with E-state index in [1.807, 2.05) is 24.0 Å². The highest BCUT2D eigenvalue weighted by molar-refractivity contribution is 6.31. The molecule has 0 saturated carbocycles. The minimum atomic E-state index is -1.04. The first-order chi connectivity index (χ1) is 20.5. The highest BCUT2D eigenvalue weighted by atomic mass is 35.5. The number of carbonyl (C=O) groups is 3. The first-order valence-electron chi connectivity index (χ1n) is 14.5. The Morgan fingerprint density at radius 2 is 1.63 bits per heavy atom. The fraction of sp³-hybridized carbons (Fsp3) is 0.500. The van der Waals surface area contributed by atoms with Gasteiger partial charge in [0.2, 0.25) is 17.7 Å². The molecule has 2 aromatic carbocycles. The predicted molar refractivity (Wildman–Crippen MR) is 170 cm³/mol. The second kappa shape index (κ2) is 18.4. The molecule has 0 saturated heterocycles. The third-order valence-electron chi connectivity index (χ3n) is 7.06. The Balaban J connectivity index is 2.01. The van der Waals surface area contributed by atoms with Gasteiger partial charge in [0.05, 0.1) is 12.6 Å². The molecular formula is C30H47ClN8O4. The summed E-state index contributed by atoms with van der Waals surface area (Å²) in [5, 5.41) is 16.6. The summed E-state index contributed by atoms with van der Waals surface area (Å²) < 4.78 is 0. The number of likely N-dealkylation sites (N-methyl/N-ethyl adjacent to an activating group) is 1. The van der Waals surface area contributed by atoms with Gasteiger partial charge in [-0.3, -0.25) is 19.3 Å². The van der Waals surface area contributed by atoms with Crippen molar-refractivity contribution in [2.24, 2.45) is 22.9 Å². The van der Waals surface area contributed by atoms with Gasteiger partial charge in [-0.1, -0.05) is 23.7 Å². The van der Waals surface area contributed by atoms with E-state index in [0.717, 1.165) is 16.7 Å². The number of carbonyl (C=O) groups excluding carboxylic acids is 3. The van der Waals surface area contributed by atoms with Crippen molar-refractivity contribution in [2.45, 2.75) is 38.3 Å². The van der Waals surface area contributed by atoms with Crippen molar-refractivity contribution in [3.8, 4) is 16.9 Å². The molecule has 0 spiro atoms. The van der Waals surface area contributed by atoms with Crippen molar-refractivity contribution >= 4 is 29.3 Å². The van der Waals surface area contributed by atoms with Crippen LogP contribution in [0.25, 0.3) is 11.1 Å². The molecule has 0 radical (unpaired) electrons. The lowest BCUT2D eigenvalue weighted by molar-refractivity contribution is -0.138. The summed E-state index contributed by atoms with van der Waals surface area (Å²) in [6.45, 7) is 5.33. The van der Waals surface area contributed by atoms with E-state index in [-0.39, 0.29) is 31.0 Å². The maximum Gasteiger partial charge on any atom is 0.245 e. The molecule has 2 aromatic rings. The molecule has 238 valence electrons. The molecule has 2 rings (SSSR count). The van der Waals surface area contributed by atoms with E-state index in [1.165, 1.54) is 11.9 Å². The van der Waals surface area contributed by atoms with Gasteiger partial charge >= 0.3 is 0 Å². The summed E-state index contributed by atoms with van der Waals surface area (Å²) in [6.07, 6.45) is 0.802. The average Bonchev–Trinajstić information content (AvgIpc) is 2.97. The zero-order valence-corrected chi connectivity index (χ0v) is 25.9. The fourth-order valence-corrected chi connectivity index (χ4v) is 4.73. The normalized spacial score (nSPS) is 12.6. The molecule has 0 fully saturated rings. The first kappa shape index (κ1) is 35.9. The van der Waals surface area contributed by atoms with Crippen LogP contribution in [-0.2, 0) is 20.8 Å². The van der Waals surface area contributed by atoms with Gasteiger partial charge in [0, 0.05) is 57.8 Å². The number of hydrogen-bond donors (Lipinski definition) is 7. The zero-order valence-electron chi connectivity index (χ0n) is 25.2. The quantitative estimate of drug-likeness (QED) is 0.119. The van der Waals surface area contributed by atoms with Gasteiger partial charge in [-0.15, -0.1) is 0 Å². The zero-order chi connectivity index (χ0) is 31.9. The number of nitrogens with two attached hydrogens (primary N) is 4. The lowest BCUT2D eigenvalue weighted by atomic mass is 9.97. The molecule has 3 amide bonds. The molecule has 0 aliphatic carbocycles. The Labute approximate surface area is 259 Å². The number of amides is 3. The van der Waals surface area contributed by atoms with Crippen LogP contribution in [0.4, 0.5) is 0 Å². The summed E-state index contributed by atoms with van der Waals surface area (Å²) >= 11 is 6.15. The fourth-order valence-electron chi connectivity index (χ4n) is 4.61. The standard InChI is InChI=1S/C30H47ClN8O4/c1-20-16-21(5-7-24(20)31)22-6-8-27(40)23(17-22)18-25(35)29(42)37-26(4-3-9-32)30(43)38(2)19-28(41)36-12-15-39(13-10-33)14-11-34/h5-8,16-17,25-26,40H,3-4,9-15,18-19,32-35H2,1-2H3,(H,36,41)(H,37,42)/t25-,26-/m0/s1. The second-order valence-corrected chi connectivity index (χ2v) is 11.0. The van der Waals surface area contributed by atoms with Crippen LogP contribution < -0.4 is 33.6 Å². The van der Waals surface area contributed by atoms with Crippen LogP contribution in [0.15, 0.2) is 36.4 Å². The molecule has 11 N–H and O–H groups in total. The van der Waals surface area contributed by atoms with Gasteiger partial charge in [0.25, 0.3) is 0 Å². The van der Waals surface area contributed by atoms with Gasteiger partial charge in [0.1, 0.15) is 11.8 Å². The van der Waals surface area contributed by atoms with E-state index in [9.17, 15) is 19.5 Å². The van der Waals surface area contributed by atoms with Crippen LogP contribution in [-0.4, -0.2) is 104 Å². The highest BCUT2D eigenvalue weighted by Gasteiger charge is 2.27. The van der Waals surface area contributed by atoms with E-state index < -0.39 is 23.9 Å². The summed E-state index contributed by atoms with van der Waals surface area (Å²) in [7, 11) is 1.50. The molecule has 43 heavy (non-hydrogen) atoms. The molecule has 0 bridgehead atoms. The molecule has 13 heteroatoms. The third-order valence-corrected chi connectivity index (χ3v) is 7.48. The molecule has 12 nitrogen and oxygen atoms in total. The summed E-state index contributed by atoms with van der Waals surface area (Å²) in [5.74, 6) is -1.31. The van der Waals surface area contributed by atoms with E-state index >= 15 is 0 Å². The monoisotopic (exact) mass is 618 g/mol. The number of phenolic OH excluding ortho intramolecular Hbond substituents is 1. The number of aryl methyl sites for hydroxylation is 1. The maximum atomic E-state index is 13.2. The van der Waals surface area contributed by atoms with Crippen LogP contribution in [0.3, 0.4) is 0 Å². The SMILES string of the molecule is Cc1cc(-c2ccc(O)c(C[C@H](N)C(=O)N[C@@H](CCCN)C(=O)N(C)CC(=O)NCCN(CCN)CCN)c2)ccc1Cl. The number of nitrogens with one attached hydrogen (secondary N) is 2. The number of nitrogens with zero attached hydrogens (tertiary/aromatic N) is 2. The Hall–Kier alpha value is -3.26. The smallest absolute Gasteiger partial charge is 0.245 e. The van der Waals surface area contributed by atoms with E-state index in [0.29, 0.717) is 62.8 Å². The number of phenols is 1. The van der Waals surface area contributed by atoms with Gasteiger partial charge in [-0.2, -0.15) is 0 Å². The van der Waals surface area contributed by atoms with Crippen LogP contribution >= 0.6 is 11.6 Å². The lowest BCUT2D eigenvalue weighted by Gasteiger charge is -2.26. The van der Waals surface area contributed by atoms with Crippen LogP contribution in [0, 0.1) is 6.92 Å². The minimum Gasteiger partial charge on any atom is -0.508 e. The Morgan fingerprint density at radius 3 is 2.26 bits per heavy atom. The molecule has 2 atom stereocenters. The van der Waals surface area contributed by atoms with E-state index in [1.54, 1.807) is 24.3 Å². The summed E-state index contributed by atoms with van der Waals surface area (Å²) in [5.41, 5.74) is 26.3. The number of hydrogen-bond acceptors (Lipinski definition) is 9. The van der Waals surface area contributed by atoms with Crippen LogP contribution in [0.2, 0.25) is 5.02 Å². The van der Waals surface area contributed by atoms with Crippen molar-refractivity contribution in [1.29, 1.82) is 0 Å². The van der Waals surface area contributed by atoms with Gasteiger partial charge in [-0.05, 0) is 72.8 Å². The van der Waals surface area contributed by atoms with Gasteiger partial charge in [0.15, 0.2) is 0 Å². The number of benzene rings is 2. The molecule has 0 heterocycles. The second-order valence-electron chi connectivity index (χ2n) is 10.6. The average molecular weight is 619 g/mol.